The lowest BCUT2D eigenvalue weighted by atomic mass is 9.98. The summed E-state index contributed by atoms with van der Waals surface area (Å²) in [5.41, 5.74) is 3.85. The number of imidazole rings is 1. The van der Waals surface area contributed by atoms with Crippen molar-refractivity contribution in [3.05, 3.63) is 65.5 Å². The van der Waals surface area contributed by atoms with Crippen LogP contribution < -0.4 is 25.0 Å². The maximum Gasteiger partial charge on any atom is 0.408 e. The summed E-state index contributed by atoms with van der Waals surface area (Å²) in [7, 11) is 3.11. The number of esters is 1. The van der Waals surface area contributed by atoms with Crippen LogP contribution in [0.3, 0.4) is 0 Å². The molecule has 0 radical (unpaired) electrons. The Morgan fingerprint density at radius 3 is 2.51 bits per heavy atom. The molecule has 0 unspecified atom stereocenters. The number of rotatable bonds is 16. The molecule has 0 spiro atoms. The zero-order valence-electron chi connectivity index (χ0n) is 30.3. The molecule has 51 heavy (non-hydrogen) atoms. The number of methoxy groups -OCH3 is 1. The molecule has 13 nitrogen and oxygen atoms in total. The lowest BCUT2D eigenvalue weighted by molar-refractivity contribution is -0.143. The Bertz CT molecular complexity index is 1860. The van der Waals surface area contributed by atoms with Crippen molar-refractivity contribution in [2.45, 2.75) is 72.4 Å². The van der Waals surface area contributed by atoms with Crippen molar-refractivity contribution in [2.75, 3.05) is 37.6 Å². The van der Waals surface area contributed by atoms with Crippen LogP contribution >= 0.6 is 0 Å². The molecule has 4 aromatic rings. The third-order valence-corrected chi connectivity index (χ3v) is 7.82. The minimum absolute atomic E-state index is 0.109. The highest BCUT2D eigenvalue weighted by Gasteiger charge is 2.26. The monoisotopic (exact) mass is 701 g/mol. The molecule has 272 valence electrons. The van der Waals surface area contributed by atoms with Gasteiger partial charge in [0.1, 0.15) is 17.2 Å². The number of hydrogen-bond donors (Lipinski definition) is 3. The van der Waals surface area contributed by atoms with Crippen molar-refractivity contribution >= 4 is 46.8 Å². The fourth-order valence-corrected chi connectivity index (χ4v) is 5.51. The molecule has 0 saturated heterocycles. The second-order valence-electron chi connectivity index (χ2n) is 12.9. The van der Waals surface area contributed by atoms with Gasteiger partial charge in [-0.2, -0.15) is 0 Å². The number of ether oxygens (including phenoxy) is 4. The van der Waals surface area contributed by atoms with E-state index in [1.165, 1.54) is 12.0 Å². The number of unbranched alkanes of at least 4 members (excludes halogenated alkanes) is 2. The number of hydrogen-bond acceptors (Lipinski definition) is 9. The molecule has 3 N–H and O–H groups in total. The summed E-state index contributed by atoms with van der Waals surface area (Å²) < 4.78 is 22.3. The number of alkyl carbamates (subject to hydrolysis) is 1. The molecule has 0 aliphatic heterocycles. The van der Waals surface area contributed by atoms with E-state index in [-0.39, 0.29) is 29.5 Å². The molecule has 13 heteroatoms. The van der Waals surface area contributed by atoms with Gasteiger partial charge in [0.2, 0.25) is 6.41 Å². The zero-order chi connectivity index (χ0) is 37.1. The van der Waals surface area contributed by atoms with Gasteiger partial charge < -0.3 is 39.5 Å². The Kier molecular flexibility index (Phi) is 13.0. The molecule has 1 heterocycles. The molecular formula is C38H47N5O8. The Morgan fingerprint density at radius 2 is 1.80 bits per heavy atom. The van der Waals surface area contributed by atoms with Gasteiger partial charge in [0, 0.05) is 24.6 Å². The number of aromatic amines is 1. The van der Waals surface area contributed by atoms with E-state index in [1.807, 2.05) is 43.3 Å². The highest BCUT2D eigenvalue weighted by atomic mass is 16.6. The van der Waals surface area contributed by atoms with E-state index < -0.39 is 17.6 Å². The van der Waals surface area contributed by atoms with Crippen LogP contribution in [0, 0.1) is 6.92 Å². The fourth-order valence-electron chi connectivity index (χ4n) is 5.51. The molecule has 0 atom stereocenters. The number of anilines is 2. The number of carbonyl (C=O) groups is 4. The number of H-pyrrole nitrogens is 1. The van der Waals surface area contributed by atoms with Gasteiger partial charge in [0.25, 0.3) is 5.91 Å². The summed E-state index contributed by atoms with van der Waals surface area (Å²) in [5, 5.41) is 5.39. The second kappa shape index (κ2) is 17.4. The molecule has 0 fully saturated rings. The summed E-state index contributed by atoms with van der Waals surface area (Å²) in [5.74, 6) is 0.709. The Morgan fingerprint density at radius 1 is 1.02 bits per heavy atom. The molecule has 0 saturated carbocycles. The predicted molar refractivity (Wildman–Crippen MR) is 195 cm³/mol. The predicted octanol–water partition coefficient (Wildman–Crippen LogP) is 6.92. The van der Waals surface area contributed by atoms with E-state index in [0.717, 1.165) is 18.4 Å². The van der Waals surface area contributed by atoms with E-state index in [1.54, 1.807) is 46.9 Å². The summed E-state index contributed by atoms with van der Waals surface area (Å²) in [6.45, 7) is 9.96. The molecule has 0 aliphatic carbocycles. The average molecular weight is 702 g/mol. The zero-order valence-corrected chi connectivity index (χ0v) is 30.3. The van der Waals surface area contributed by atoms with Gasteiger partial charge in [-0.15, -0.1) is 0 Å². The summed E-state index contributed by atoms with van der Waals surface area (Å²) in [6, 6.07) is 14.5. The van der Waals surface area contributed by atoms with Gasteiger partial charge in [-0.1, -0.05) is 18.2 Å². The van der Waals surface area contributed by atoms with Crippen LogP contribution in [0.4, 0.5) is 16.2 Å². The van der Waals surface area contributed by atoms with Crippen LogP contribution in [0.15, 0.2) is 48.5 Å². The normalized spacial score (nSPS) is 11.1. The van der Waals surface area contributed by atoms with Gasteiger partial charge in [-0.05, 0) is 89.8 Å². The van der Waals surface area contributed by atoms with Crippen molar-refractivity contribution in [3.63, 3.8) is 0 Å². The number of aryl methyl sites for hydroxylation is 1. The average Bonchev–Trinajstić information content (AvgIpc) is 3.51. The third-order valence-electron chi connectivity index (χ3n) is 7.82. The first-order valence-corrected chi connectivity index (χ1v) is 16.9. The highest BCUT2D eigenvalue weighted by Crippen LogP contribution is 2.42. The quantitative estimate of drug-likeness (QED) is 0.0640. The summed E-state index contributed by atoms with van der Waals surface area (Å²) >= 11 is 0. The molecule has 3 amide bonds. The Balaban J connectivity index is 1.59. The van der Waals surface area contributed by atoms with E-state index >= 15 is 0 Å². The number of para-hydroxylation sites is 1. The van der Waals surface area contributed by atoms with Crippen LogP contribution in [0.2, 0.25) is 0 Å². The lowest BCUT2D eigenvalue weighted by Gasteiger charge is -2.24. The maximum atomic E-state index is 14.1. The number of nitrogens with one attached hydrogen (secondary N) is 3. The van der Waals surface area contributed by atoms with Gasteiger partial charge >= 0.3 is 12.1 Å². The second-order valence-corrected chi connectivity index (χ2v) is 12.9. The number of amides is 3. The lowest BCUT2D eigenvalue weighted by Crippen LogP contribution is -2.32. The van der Waals surface area contributed by atoms with Crippen LogP contribution in [-0.4, -0.2) is 67.3 Å². The number of carbonyl (C=O) groups excluding carboxylic acids is 4. The number of benzene rings is 3. The van der Waals surface area contributed by atoms with E-state index in [9.17, 15) is 19.2 Å². The van der Waals surface area contributed by atoms with Crippen molar-refractivity contribution < 1.29 is 38.1 Å². The van der Waals surface area contributed by atoms with Crippen molar-refractivity contribution in [1.82, 2.24) is 15.3 Å². The van der Waals surface area contributed by atoms with Crippen LogP contribution in [0.25, 0.3) is 22.2 Å². The smallest absolute Gasteiger partial charge is 0.408 e. The van der Waals surface area contributed by atoms with Crippen molar-refractivity contribution in [2.24, 2.45) is 0 Å². The first kappa shape index (κ1) is 38.2. The minimum Gasteiger partial charge on any atom is -0.494 e. The summed E-state index contributed by atoms with van der Waals surface area (Å²) in [6.07, 6.45) is 2.51. The molecule has 4 rings (SSSR count). The van der Waals surface area contributed by atoms with E-state index in [0.29, 0.717) is 71.9 Å². The molecule has 1 aromatic heterocycles. The van der Waals surface area contributed by atoms with E-state index in [2.05, 4.69) is 15.6 Å². The van der Waals surface area contributed by atoms with Crippen molar-refractivity contribution in [3.8, 4) is 22.6 Å². The Labute approximate surface area is 298 Å². The van der Waals surface area contributed by atoms with Gasteiger partial charge in [0.05, 0.1) is 54.8 Å². The van der Waals surface area contributed by atoms with Crippen LogP contribution in [0.5, 0.6) is 11.5 Å². The summed E-state index contributed by atoms with van der Waals surface area (Å²) in [4.78, 5) is 59.2. The number of fused-ring (bicyclic) bond motifs is 1. The topological polar surface area (TPSA) is 161 Å². The maximum absolute atomic E-state index is 14.1. The molecule has 0 aliphatic rings. The van der Waals surface area contributed by atoms with Gasteiger partial charge in [-0.25, -0.2) is 9.78 Å². The molecule has 0 bridgehead atoms. The molecular weight excluding hydrogens is 654 g/mol. The first-order valence-electron chi connectivity index (χ1n) is 16.9. The van der Waals surface area contributed by atoms with Crippen LogP contribution in [-0.2, 0) is 25.6 Å². The third kappa shape index (κ3) is 9.99. The SMILES string of the molecule is CCOC(=O)CCCCCOc1cc(C)ccc1N(C)C(=O)c1ccc(-c2cccc3[nH]c(CNC(=O)OC(C)(C)C)nc23)c(OC)c1NC=O. The minimum atomic E-state index is -0.637. The standard InChI is InChI=1S/C38H47N5O8/c1-8-49-32(45)15-10-9-11-20-50-30-21-24(2)16-19-29(30)43(6)36(46)27-18-17-26(35(48-7)34(27)40-23-44)25-13-12-14-28-33(25)42-31(41-28)22-39-37(47)51-38(3,4)5/h12-14,16-19,21,23H,8-11,15,20,22H2,1-7H3,(H,39,47)(H,40,44)(H,41,42). The van der Waals surface area contributed by atoms with Gasteiger partial charge in [0.15, 0.2) is 5.75 Å². The first-order chi connectivity index (χ1) is 24.4. The molecule has 3 aromatic carbocycles. The van der Waals surface area contributed by atoms with Crippen molar-refractivity contribution in [1.29, 1.82) is 0 Å². The van der Waals surface area contributed by atoms with Crippen LogP contribution in [0.1, 0.15) is 75.1 Å². The fraction of sp³-hybridized carbons (Fsp3) is 0.395. The largest absolute Gasteiger partial charge is 0.494 e. The van der Waals surface area contributed by atoms with E-state index in [4.69, 9.17) is 23.9 Å². The van der Waals surface area contributed by atoms with Gasteiger partial charge in [-0.3, -0.25) is 14.4 Å². The number of nitrogens with zero attached hydrogens (tertiary/aromatic N) is 2. The number of aromatic nitrogens is 2. The highest BCUT2D eigenvalue weighted by molar-refractivity contribution is 6.13. The Hall–Kier alpha value is -5.59.